The molecular weight excluding hydrogens is 499 g/mol. The minimum atomic E-state index is -0.777. The van der Waals surface area contributed by atoms with Crippen LogP contribution in [0.2, 0.25) is 0 Å². The highest BCUT2D eigenvalue weighted by Crippen LogP contribution is 2.19. The van der Waals surface area contributed by atoms with Gasteiger partial charge >= 0.3 is 0 Å². The summed E-state index contributed by atoms with van der Waals surface area (Å²) in [4.78, 5) is 28.2. The molecule has 0 unspecified atom stereocenters. The maximum atomic E-state index is 14.0. The quantitative estimate of drug-likeness (QED) is 0.398. The maximum Gasteiger partial charge on any atom is 0.261 e. The van der Waals surface area contributed by atoms with E-state index in [1.807, 2.05) is 68.4 Å². The molecule has 0 aromatic heterocycles. The summed E-state index contributed by atoms with van der Waals surface area (Å²) in [6.07, 6.45) is 0.332. The monoisotopic (exact) mass is 526 g/mol. The van der Waals surface area contributed by atoms with E-state index in [1.165, 1.54) is 17.0 Å². The van der Waals surface area contributed by atoms with Crippen LogP contribution in [0, 0.1) is 5.82 Å². The van der Waals surface area contributed by atoms with Crippen molar-refractivity contribution < 1.29 is 18.7 Å². The Morgan fingerprint density at radius 1 is 0.971 bits per heavy atom. The second-order valence-corrected chi connectivity index (χ2v) is 9.16. The van der Waals surface area contributed by atoms with Crippen molar-refractivity contribution in [2.45, 2.75) is 38.9 Å². The summed E-state index contributed by atoms with van der Waals surface area (Å²) in [6.45, 7) is 3.55. The van der Waals surface area contributed by atoms with Crippen molar-refractivity contribution in [2.24, 2.45) is 0 Å². The summed E-state index contributed by atoms with van der Waals surface area (Å²) < 4.78 is 20.4. The molecule has 7 heteroatoms. The predicted octanol–water partition coefficient (Wildman–Crippen LogP) is 5.13. The Hall–Kier alpha value is -3.19. The van der Waals surface area contributed by atoms with Gasteiger partial charge in [-0.1, -0.05) is 70.5 Å². The smallest absolute Gasteiger partial charge is 0.261 e. The Morgan fingerprint density at radius 3 is 2.32 bits per heavy atom. The third kappa shape index (κ3) is 7.42. The van der Waals surface area contributed by atoms with E-state index in [0.29, 0.717) is 6.42 Å². The number of ether oxygens (including phenoxy) is 1. The summed E-state index contributed by atoms with van der Waals surface area (Å²) in [5, 5.41) is 2.94. The van der Waals surface area contributed by atoms with Gasteiger partial charge in [-0.2, -0.15) is 0 Å². The Kier molecular flexibility index (Phi) is 9.22. The molecule has 0 aliphatic carbocycles. The van der Waals surface area contributed by atoms with Crippen LogP contribution in [0.1, 0.15) is 25.0 Å². The van der Waals surface area contributed by atoms with Crippen LogP contribution in [-0.2, 0) is 22.6 Å². The second kappa shape index (κ2) is 12.3. The molecule has 0 aliphatic heterocycles. The minimum absolute atomic E-state index is 0.00973. The molecule has 0 aliphatic rings. The zero-order valence-electron chi connectivity index (χ0n) is 19.2. The van der Waals surface area contributed by atoms with E-state index in [1.54, 1.807) is 12.1 Å². The van der Waals surface area contributed by atoms with Gasteiger partial charge in [0.15, 0.2) is 18.2 Å². The number of hydrogen-bond acceptors (Lipinski definition) is 3. The highest BCUT2D eigenvalue weighted by Gasteiger charge is 2.31. The van der Waals surface area contributed by atoms with Crippen LogP contribution in [0.3, 0.4) is 0 Å². The molecule has 1 atom stereocenters. The number of para-hydroxylation sites is 1. The van der Waals surface area contributed by atoms with Crippen molar-refractivity contribution in [3.05, 3.63) is 100 Å². The number of hydrogen-bond donors (Lipinski definition) is 1. The van der Waals surface area contributed by atoms with Crippen molar-refractivity contribution in [3.8, 4) is 5.75 Å². The maximum absolute atomic E-state index is 14.0. The summed E-state index contributed by atoms with van der Waals surface area (Å²) >= 11 is 3.46. The molecule has 0 spiro atoms. The molecule has 0 bridgehead atoms. The summed E-state index contributed by atoms with van der Waals surface area (Å²) in [6, 6.07) is 22.2. The number of carbonyl (C=O) groups is 2. The van der Waals surface area contributed by atoms with Gasteiger partial charge in [-0.3, -0.25) is 9.59 Å². The van der Waals surface area contributed by atoms with Gasteiger partial charge in [0, 0.05) is 23.5 Å². The number of carbonyl (C=O) groups excluding carboxylic acids is 2. The fraction of sp³-hybridized carbons (Fsp3) is 0.259. The van der Waals surface area contributed by atoms with E-state index in [9.17, 15) is 14.0 Å². The average molecular weight is 527 g/mol. The van der Waals surface area contributed by atoms with Gasteiger partial charge < -0.3 is 15.0 Å². The number of amides is 2. The van der Waals surface area contributed by atoms with Gasteiger partial charge in [0.05, 0.1) is 0 Å². The Labute approximate surface area is 208 Å². The van der Waals surface area contributed by atoms with Crippen LogP contribution in [0.5, 0.6) is 5.75 Å². The van der Waals surface area contributed by atoms with Crippen LogP contribution >= 0.6 is 15.9 Å². The first-order chi connectivity index (χ1) is 16.3. The molecule has 34 heavy (non-hydrogen) atoms. The van der Waals surface area contributed by atoms with Crippen molar-refractivity contribution in [3.63, 3.8) is 0 Å². The molecule has 0 heterocycles. The van der Waals surface area contributed by atoms with E-state index >= 15 is 0 Å². The fourth-order valence-corrected chi connectivity index (χ4v) is 4.00. The first-order valence-electron chi connectivity index (χ1n) is 11.1. The van der Waals surface area contributed by atoms with Crippen molar-refractivity contribution in [1.82, 2.24) is 10.2 Å². The third-order valence-electron chi connectivity index (χ3n) is 5.13. The fourth-order valence-electron chi connectivity index (χ4n) is 3.55. The lowest BCUT2D eigenvalue weighted by Gasteiger charge is -2.32. The molecule has 5 nitrogen and oxygen atoms in total. The molecule has 0 saturated heterocycles. The van der Waals surface area contributed by atoms with Crippen LogP contribution in [0.15, 0.2) is 83.3 Å². The second-order valence-electron chi connectivity index (χ2n) is 8.24. The van der Waals surface area contributed by atoms with Gasteiger partial charge in [-0.25, -0.2) is 4.39 Å². The van der Waals surface area contributed by atoms with Gasteiger partial charge in [0.2, 0.25) is 5.91 Å². The van der Waals surface area contributed by atoms with E-state index in [4.69, 9.17) is 4.74 Å². The van der Waals surface area contributed by atoms with Crippen LogP contribution in [-0.4, -0.2) is 35.4 Å². The zero-order valence-corrected chi connectivity index (χ0v) is 20.8. The number of nitrogens with one attached hydrogen (secondary N) is 1. The molecule has 0 saturated carbocycles. The summed E-state index contributed by atoms with van der Waals surface area (Å²) in [5.74, 6) is -1.23. The Balaban J connectivity index is 1.92. The highest BCUT2D eigenvalue weighted by molar-refractivity contribution is 9.10. The first-order valence-corrected chi connectivity index (χ1v) is 11.9. The molecular formula is C27H28BrFN2O3. The normalized spacial score (nSPS) is 11.7. The molecule has 3 aromatic carbocycles. The van der Waals surface area contributed by atoms with Crippen molar-refractivity contribution >= 4 is 27.7 Å². The summed E-state index contributed by atoms with van der Waals surface area (Å²) in [7, 11) is 0. The molecule has 1 N–H and O–H groups in total. The zero-order chi connectivity index (χ0) is 24.5. The summed E-state index contributed by atoms with van der Waals surface area (Å²) in [5.41, 5.74) is 1.78. The van der Waals surface area contributed by atoms with E-state index in [-0.39, 0.29) is 24.2 Å². The standard InChI is InChI=1S/C27H28BrFN2O3/c1-19(2)30-27(33)24(16-20-9-4-3-5-10-20)31(17-21-11-8-12-22(28)15-21)26(32)18-34-25-14-7-6-13-23(25)29/h3-15,19,24H,16-18H2,1-2H3,(H,30,33)/t24-/m1/s1. The first kappa shape index (κ1) is 25.4. The van der Waals surface area contributed by atoms with E-state index in [0.717, 1.165) is 15.6 Å². The Bertz CT molecular complexity index is 1110. The van der Waals surface area contributed by atoms with Crippen molar-refractivity contribution in [2.75, 3.05) is 6.61 Å². The minimum Gasteiger partial charge on any atom is -0.481 e. The molecule has 2 amide bonds. The van der Waals surface area contributed by atoms with E-state index < -0.39 is 24.4 Å². The van der Waals surface area contributed by atoms with Gasteiger partial charge in [-0.05, 0) is 49.2 Å². The van der Waals surface area contributed by atoms with E-state index in [2.05, 4.69) is 21.2 Å². The SMILES string of the molecule is CC(C)NC(=O)[C@@H](Cc1ccccc1)N(Cc1cccc(Br)c1)C(=O)COc1ccccc1F. The lowest BCUT2D eigenvalue weighted by Crippen LogP contribution is -2.52. The molecule has 0 radical (unpaired) electrons. The van der Waals surface area contributed by atoms with Gasteiger partial charge in [-0.15, -0.1) is 0 Å². The number of benzene rings is 3. The number of rotatable bonds is 10. The Morgan fingerprint density at radius 2 is 1.65 bits per heavy atom. The van der Waals surface area contributed by atoms with Gasteiger partial charge in [0.25, 0.3) is 5.91 Å². The number of nitrogens with zero attached hydrogens (tertiary/aromatic N) is 1. The topological polar surface area (TPSA) is 58.6 Å². The van der Waals surface area contributed by atoms with Gasteiger partial charge in [0.1, 0.15) is 6.04 Å². The predicted molar refractivity (Wildman–Crippen MR) is 134 cm³/mol. The number of halogens is 2. The molecule has 178 valence electrons. The molecule has 3 rings (SSSR count). The average Bonchev–Trinajstić information content (AvgIpc) is 2.81. The van der Waals surface area contributed by atoms with Crippen molar-refractivity contribution in [1.29, 1.82) is 0 Å². The molecule has 0 fully saturated rings. The van der Waals surface area contributed by atoms with Crippen LogP contribution in [0.4, 0.5) is 4.39 Å². The molecule has 3 aromatic rings. The highest BCUT2D eigenvalue weighted by atomic mass is 79.9. The lowest BCUT2D eigenvalue weighted by molar-refractivity contribution is -0.143. The lowest BCUT2D eigenvalue weighted by atomic mass is 10.0. The van der Waals surface area contributed by atoms with Crippen LogP contribution < -0.4 is 10.1 Å². The van der Waals surface area contributed by atoms with Crippen LogP contribution in [0.25, 0.3) is 0 Å². The largest absolute Gasteiger partial charge is 0.481 e. The third-order valence-corrected chi connectivity index (χ3v) is 5.63.